The predicted molar refractivity (Wildman–Crippen MR) is 72.9 cm³/mol. The number of hydrogen-bond acceptors (Lipinski definition) is 4. The summed E-state index contributed by atoms with van der Waals surface area (Å²) < 4.78 is 5.37. The highest BCUT2D eigenvalue weighted by Gasteiger charge is 2.10. The SMILES string of the molecule is CCc1ccc(OC)c(-c2cc(C)nc(C#N)n2)c1. The smallest absolute Gasteiger partial charge is 0.232 e. The van der Waals surface area contributed by atoms with E-state index in [1.165, 1.54) is 5.56 Å². The monoisotopic (exact) mass is 253 g/mol. The van der Waals surface area contributed by atoms with Crippen LogP contribution in [0.15, 0.2) is 24.3 Å². The number of nitriles is 1. The Morgan fingerprint density at radius 3 is 2.68 bits per heavy atom. The van der Waals surface area contributed by atoms with E-state index in [9.17, 15) is 0 Å². The summed E-state index contributed by atoms with van der Waals surface area (Å²) in [5.74, 6) is 0.929. The largest absolute Gasteiger partial charge is 0.496 e. The van der Waals surface area contributed by atoms with E-state index in [-0.39, 0.29) is 5.82 Å². The third-order valence-corrected chi connectivity index (χ3v) is 2.90. The molecule has 0 atom stereocenters. The van der Waals surface area contributed by atoms with Crippen molar-refractivity contribution < 1.29 is 4.74 Å². The maximum Gasteiger partial charge on any atom is 0.232 e. The van der Waals surface area contributed by atoms with Crippen LogP contribution in [0.4, 0.5) is 0 Å². The fourth-order valence-electron chi connectivity index (χ4n) is 1.93. The minimum Gasteiger partial charge on any atom is -0.496 e. The van der Waals surface area contributed by atoms with Crippen LogP contribution in [0.1, 0.15) is 24.0 Å². The molecule has 0 saturated heterocycles. The van der Waals surface area contributed by atoms with Gasteiger partial charge in [0, 0.05) is 11.3 Å². The molecule has 0 spiro atoms. The van der Waals surface area contributed by atoms with Crippen LogP contribution < -0.4 is 4.74 Å². The van der Waals surface area contributed by atoms with Gasteiger partial charge in [-0.05, 0) is 37.1 Å². The lowest BCUT2D eigenvalue weighted by Crippen LogP contribution is -1.97. The highest BCUT2D eigenvalue weighted by Crippen LogP contribution is 2.30. The summed E-state index contributed by atoms with van der Waals surface area (Å²) in [5.41, 5.74) is 3.58. The van der Waals surface area contributed by atoms with Crippen molar-refractivity contribution in [1.29, 1.82) is 5.26 Å². The number of rotatable bonds is 3. The first-order valence-electron chi connectivity index (χ1n) is 6.11. The third-order valence-electron chi connectivity index (χ3n) is 2.90. The maximum absolute atomic E-state index is 8.95. The van der Waals surface area contributed by atoms with E-state index in [2.05, 4.69) is 16.9 Å². The second-order valence-electron chi connectivity index (χ2n) is 4.22. The summed E-state index contributed by atoms with van der Waals surface area (Å²) >= 11 is 0. The first-order chi connectivity index (χ1) is 9.17. The van der Waals surface area contributed by atoms with Crippen LogP contribution >= 0.6 is 0 Å². The molecule has 0 bridgehead atoms. The molecule has 0 radical (unpaired) electrons. The maximum atomic E-state index is 8.95. The molecular weight excluding hydrogens is 238 g/mol. The van der Waals surface area contributed by atoms with E-state index >= 15 is 0 Å². The zero-order valence-electron chi connectivity index (χ0n) is 11.3. The van der Waals surface area contributed by atoms with Crippen molar-refractivity contribution in [3.63, 3.8) is 0 Å². The van der Waals surface area contributed by atoms with Gasteiger partial charge < -0.3 is 4.74 Å². The molecule has 96 valence electrons. The highest BCUT2D eigenvalue weighted by atomic mass is 16.5. The van der Waals surface area contributed by atoms with Gasteiger partial charge in [0.05, 0.1) is 12.8 Å². The first-order valence-corrected chi connectivity index (χ1v) is 6.11. The molecule has 0 saturated carbocycles. The third kappa shape index (κ3) is 2.71. The van der Waals surface area contributed by atoms with E-state index in [4.69, 9.17) is 10.00 Å². The second-order valence-corrected chi connectivity index (χ2v) is 4.22. The Hall–Kier alpha value is -2.41. The molecule has 0 fully saturated rings. The van der Waals surface area contributed by atoms with Crippen molar-refractivity contribution in [3.05, 3.63) is 41.3 Å². The minimum absolute atomic E-state index is 0.180. The molecule has 2 aromatic rings. The molecule has 1 aromatic heterocycles. The molecule has 1 aromatic carbocycles. The Labute approximate surface area is 112 Å². The summed E-state index contributed by atoms with van der Waals surface area (Å²) in [7, 11) is 1.63. The Kier molecular flexibility index (Phi) is 3.76. The molecule has 19 heavy (non-hydrogen) atoms. The highest BCUT2D eigenvalue weighted by molar-refractivity contribution is 5.68. The molecule has 4 nitrogen and oxygen atoms in total. The first kappa shape index (κ1) is 13.0. The second kappa shape index (κ2) is 5.49. The van der Waals surface area contributed by atoms with Crippen molar-refractivity contribution in [3.8, 4) is 23.1 Å². The average molecular weight is 253 g/mol. The van der Waals surface area contributed by atoms with Crippen LogP contribution in [0.2, 0.25) is 0 Å². The van der Waals surface area contributed by atoms with Gasteiger partial charge in [-0.1, -0.05) is 13.0 Å². The Bertz CT molecular complexity index is 644. The molecule has 0 unspecified atom stereocenters. The zero-order valence-corrected chi connectivity index (χ0v) is 11.3. The number of methoxy groups -OCH3 is 1. The van der Waals surface area contributed by atoms with Gasteiger partial charge in [-0.15, -0.1) is 0 Å². The van der Waals surface area contributed by atoms with E-state index in [0.29, 0.717) is 0 Å². The van der Waals surface area contributed by atoms with Gasteiger partial charge in [0.25, 0.3) is 0 Å². The van der Waals surface area contributed by atoms with Crippen LogP contribution in [0.25, 0.3) is 11.3 Å². The van der Waals surface area contributed by atoms with Gasteiger partial charge in [0.2, 0.25) is 5.82 Å². The predicted octanol–water partition coefficient (Wildman–Crippen LogP) is 2.89. The van der Waals surface area contributed by atoms with Crippen LogP contribution in [0, 0.1) is 18.3 Å². The number of aromatic nitrogens is 2. The van der Waals surface area contributed by atoms with Crippen molar-refractivity contribution >= 4 is 0 Å². The topological polar surface area (TPSA) is 58.8 Å². The molecule has 0 aliphatic heterocycles. The van der Waals surface area contributed by atoms with Crippen LogP contribution in [0.5, 0.6) is 5.75 Å². The number of hydrogen-bond donors (Lipinski definition) is 0. The van der Waals surface area contributed by atoms with Gasteiger partial charge in [0.15, 0.2) is 0 Å². The number of aryl methyl sites for hydroxylation is 2. The number of benzene rings is 1. The van der Waals surface area contributed by atoms with E-state index in [0.717, 1.165) is 29.1 Å². The molecular formula is C15H15N3O. The zero-order chi connectivity index (χ0) is 13.8. The van der Waals surface area contributed by atoms with E-state index < -0.39 is 0 Å². The van der Waals surface area contributed by atoms with Crippen molar-refractivity contribution in [2.75, 3.05) is 7.11 Å². The minimum atomic E-state index is 0.180. The van der Waals surface area contributed by atoms with E-state index in [1.54, 1.807) is 7.11 Å². The summed E-state index contributed by atoms with van der Waals surface area (Å²) in [6.07, 6.45) is 0.937. The van der Waals surface area contributed by atoms with Crippen molar-refractivity contribution in [2.24, 2.45) is 0 Å². The Balaban J connectivity index is 2.63. The standard InChI is InChI=1S/C15H15N3O/c1-4-11-5-6-14(19-3)12(8-11)13-7-10(2)17-15(9-16)18-13/h5-8H,4H2,1-3H3. The summed E-state index contributed by atoms with van der Waals surface area (Å²) in [6.45, 7) is 3.94. The van der Waals surface area contributed by atoms with Gasteiger partial charge in [-0.25, -0.2) is 9.97 Å². The van der Waals surface area contributed by atoms with E-state index in [1.807, 2.05) is 37.3 Å². The Morgan fingerprint density at radius 1 is 1.26 bits per heavy atom. The van der Waals surface area contributed by atoms with Gasteiger partial charge in [-0.3, -0.25) is 0 Å². The van der Waals surface area contributed by atoms with Gasteiger partial charge >= 0.3 is 0 Å². The molecule has 0 N–H and O–H groups in total. The molecule has 0 aliphatic carbocycles. The molecule has 2 rings (SSSR count). The van der Waals surface area contributed by atoms with Crippen LogP contribution in [-0.4, -0.2) is 17.1 Å². The normalized spacial score (nSPS) is 10.0. The van der Waals surface area contributed by atoms with Gasteiger partial charge in [-0.2, -0.15) is 5.26 Å². The lowest BCUT2D eigenvalue weighted by atomic mass is 10.0. The Morgan fingerprint density at radius 2 is 2.05 bits per heavy atom. The summed E-state index contributed by atoms with van der Waals surface area (Å²) in [4.78, 5) is 8.32. The lowest BCUT2D eigenvalue weighted by molar-refractivity contribution is 0.416. The lowest BCUT2D eigenvalue weighted by Gasteiger charge is -2.10. The fraction of sp³-hybridized carbons (Fsp3) is 0.267. The molecule has 4 heteroatoms. The summed E-state index contributed by atoms with van der Waals surface area (Å²) in [5, 5.41) is 8.95. The number of nitrogens with zero attached hydrogens (tertiary/aromatic N) is 3. The quantitative estimate of drug-likeness (QED) is 0.843. The fourth-order valence-corrected chi connectivity index (χ4v) is 1.93. The molecule has 0 amide bonds. The average Bonchev–Trinajstić information content (AvgIpc) is 2.45. The molecule has 0 aliphatic rings. The molecule has 1 heterocycles. The summed E-state index contributed by atoms with van der Waals surface area (Å²) in [6, 6.07) is 9.84. The van der Waals surface area contributed by atoms with Gasteiger partial charge in [0.1, 0.15) is 11.8 Å². The van der Waals surface area contributed by atoms with Crippen molar-refractivity contribution in [1.82, 2.24) is 9.97 Å². The van der Waals surface area contributed by atoms with Crippen LogP contribution in [0.3, 0.4) is 0 Å². The number of ether oxygens (including phenoxy) is 1. The van der Waals surface area contributed by atoms with Crippen LogP contribution in [-0.2, 0) is 6.42 Å². The van der Waals surface area contributed by atoms with Crippen molar-refractivity contribution in [2.45, 2.75) is 20.3 Å².